The largest absolute Gasteiger partial charge is 0.477 e. The molecule has 0 saturated heterocycles. The first kappa shape index (κ1) is 14.9. The predicted octanol–water partition coefficient (Wildman–Crippen LogP) is 1.91. The number of urea groups is 1. The van der Waals surface area contributed by atoms with Crippen molar-refractivity contribution >= 4 is 29.0 Å². The van der Waals surface area contributed by atoms with Crippen LogP contribution in [0.5, 0.6) is 0 Å². The van der Waals surface area contributed by atoms with Gasteiger partial charge in [0.15, 0.2) is 0 Å². The summed E-state index contributed by atoms with van der Waals surface area (Å²) in [5.41, 5.74) is 1.31. The Morgan fingerprint density at radius 1 is 1.38 bits per heavy atom. The fourth-order valence-electron chi connectivity index (χ4n) is 1.60. The fraction of sp³-hybridized carbons (Fsp3) is 0.231. The highest BCUT2D eigenvalue weighted by Crippen LogP contribution is 2.08. The number of carboxylic acids is 1. The molecular weight excluding hydrogens is 292 g/mol. The predicted molar refractivity (Wildman–Crippen MR) is 78.8 cm³/mol. The maximum Gasteiger partial charge on any atom is 0.354 e. The van der Waals surface area contributed by atoms with Crippen molar-refractivity contribution in [1.29, 1.82) is 0 Å². The summed E-state index contributed by atoms with van der Waals surface area (Å²) in [4.78, 5) is 30.3. The first-order valence-corrected chi connectivity index (χ1v) is 7.08. The van der Waals surface area contributed by atoms with Gasteiger partial charge >= 0.3 is 12.0 Å². The molecule has 2 heterocycles. The van der Waals surface area contributed by atoms with Crippen LogP contribution in [0.2, 0.25) is 0 Å². The van der Waals surface area contributed by atoms with Gasteiger partial charge in [-0.3, -0.25) is 0 Å². The van der Waals surface area contributed by atoms with Gasteiger partial charge in [-0.15, -0.1) is 11.3 Å². The molecule has 8 heteroatoms. The molecule has 0 radical (unpaired) electrons. The number of anilines is 1. The smallest absolute Gasteiger partial charge is 0.354 e. The van der Waals surface area contributed by atoms with Crippen molar-refractivity contribution in [2.24, 2.45) is 0 Å². The van der Waals surface area contributed by atoms with Crippen molar-refractivity contribution in [3.63, 3.8) is 0 Å². The third-order valence-corrected chi connectivity index (χ3v) is 3.40. The van der Waals surface area contributed by atoms with Crippen molar-refractivity contribution in [1.82, 2.24) is 15.3 Å². The average Bonchev–Trinajstić information content (AvgIpc) is 2.85. The second-order valence-electron chi connectivity index (χ2n) is 4.23. The maximum atomic E-state index is 11.6. The highest BCUT2D eigenvalue weighted by Gasteiger charge is 2.06. The second kappa shape index (κ2) is 6.80. The van der Waals surface area contributed by atoms with Gasteiger partial charge in [0, 0.05) is 18.3 Å². The molecule has 2 aromatic heterocycles. The van der Waals surface area contributed by atoms with Gasteiger partial charge in [-0.05, 0) is 19.1 Å². The molecular formula is C13H14N4O3S. The molecule has 0 bridgehead atoms. The summed E-state index contributed by atoms with van der Waals surface area (Å²) in [6.45, 7) is 2.40. The van der Waals surface area contributed by atoms with Crippen LogP contribution in [-0.2, 0) is 6.42 Å². The lowest BCUT2D eigenvalue weighted by Gasteiger charge is -2.06. The lowest BCUT2D eigenvalue weighted by molar-refractivity contribution is 0.0690. The molecule has 2 amide bonds. The van der Waals surface area contributed by atoms with Crippen molar-refractivity contribution < 1.29 is 14.7 Å². The minimum atomic E-state index is -1.11. The number of pyridine rings is 1. The Balaban J connectivity index is 1.77. The van der Waals surface area contributed by atoms with Crippen molar-refractivity contribution in [3.05, 3.63) is 40.1 Å². The number of aryl methyl sites for hydroxylation is 1. The summed E-state index contributed by atoms with van der Waals surface area (Å²) in [6.07, 6.45) is 1.96. The SMILES string of the molecule is Cc1nc(CCNC(=O)Nc2ccc(C(=O)O)nc2)cs1. The molecule has 0 spiro atoms. The average molecular weight is 306 g/mol. The quantitative estimate of drug-likeness (QED) is 0.782. The zero-order valence-corrected chi connectivity index (χ0v) is 12.1. The van der Waals surface area contributed by atoms with Crippen LogP contribution >= 0.6 is 11.3 Å². The molecule has 0 aliphatic heterocycles. The molecule has 0 unspecified atom stereocenters. The summed E-state index contributed by atoms with van der Waals surface area (Å²) in [6, 6.07) is 2.45. The topological polar surface area (TPSA) is 104 Å². The number of aromatic nitrogens is 2. The lowest BCUT2D eigenvalue weighted by Crippen LogP contribution is -2.30. The number of rotatable bonds is 5. The summed E-state index contributed by atoms with van der Waals surface area (Å²) >= 11 is 1.57. The number of aromatic carboxylic acids is 1. The van der Waals surface area contributed by atoms with Gasteiger partial charge in [0.1, 0.15) is 5.69 Å². The van der Waals surface area contributed by atoms with E-state index in [1.54, 1.807) is 11.3 Å². The van der Waals surface area contributed by atoms with E-state index in [0.717, 1.165) is 10.7 Å². The first-order valence-electron chi connectivity index (χ1n) is 6.20. The van der Waals surface area contributed by atoms with Crippen LogP contribution in [-0.4, -0.2) is 33.6 Å². The Morgan fingerprint density at radius 3 is 2.76 bits per heavy atom. The van der Waals surface area contributed by atoms with Gasteiger partial charge in [-0.2, -0.15) is 0 Å². The minimum Gasteiger partial charge on any atom is -0.477 e. The van der Waals surface area contributed by atoms with E-state index in [2.05, 4.69) is 20.6 Å². The minimum absolute atomic E-state index is 0.0696. The monoisotopic (exact) mass is 306 g/mol. The maximum absolute atomic E-state index is 11.6. The molecule has 0 saturated carbocycles. The highest BCUT2D eigenvalue weighted by molar-refractivity contribution is 7.09. The van der Waals surface area contributed by atoms with Gasteiger partial charge in [-0.1, -0.05) is 0 Å². The van der Waals surface area contributed by atoms with E-state index in [1.807, 2.05) is 12.3 Å². The highest BCUT2D eigenvalue weighted by atomic mass is 32.1. The molecule has 21 heavy (non-hydrogen) atoms. The molecule has 0 aromatic carbocycles. The number of hydrogen-bond acceptors (Lipinski definition) is 5. The van der Waals surface area contributed by atoms with E-state index >= 15 is 0 Å². The van der Waals surface area contributed by atoms with Crippen LogP contribution in [0, 0.1) is 6.92 Å². The van der Waals surface area contributed by atoms with Crippen LogP contribution in [0.4, 0.5) is 10.5 Å². The van der Waals surface area contributed by atoms with E-state index in [4.69, 9.17) is 5.11 Å². The first-order chi connectivity index (χ1) is 10.0. The Labute approximate surface area is 125 Å². The number of nitrogens with one attached hydrogen (secondary N) is 2. The number of nitrogens with zero attached hydrogens (tertiary/aromatic N) is 2. The van der Waals surface area contributed by atoms with Crippen molar-refractivity contribution in [3.8, 4) is 0 Å². The number of carboxylic acid groups (broad SMARTS) is 1. The third kappa shape index (κ3) is 4.53. The Kier molecular flexibility index (Phi) is 4.83. The van der Waals surface area contributed by atoms with E-state index in [0.29, 0.717) is 18.7 Å². The number of carbonyl (C=O) groups excluding carboxylic acids is 1. The molecule has 0 aliphatic rings. The van der Waals surface area contributed by atoms with Gasteiger partial charge in [0.25, 0.3) is 0 Å². The summed E-state index contributed by atoms with van der Waals surface area (Å²) in [5, 5.41) is 17.0. The summed E-state index contributed by atoms with van der Waals surface area (Å²) in [5.74, 6) is -1.11. The number of amides is 2. The Morgan fingerprint density at radius 2 is 2.19 bits per heavy atom. The molecule has 110 valence electrons. The van der Waals surface area contributed by atoms with Crippen LogP contribution in [0.15, 0.2) is 23.7 Å². The Hall–Kier alpha value is -2.48. The van der Waals surface area contributed by atoms with Crippen LogP contribution < -0.4 is 10.6 Å². The van der Waals surface area contributed by atoms with Gasteiger partial charge in [-0.25, -0.2) is 19.6 Å². The van der Waals surface area contributed by atoms with Crippen molar-refractivity contribution in [2.45, 2.75) is 13.3 Å². The molecule has 0 fully saturated rings. The number of thiazole rings is 1. The molecule has 0 atom stereocenters. The molecule has 7 nitrogen and oxygen atoms in total. The normalized spacial score (nSPS) is 10.1. The summed E-state index contributed by atoms with van der Waals surface area (Å²) in [7, 11) is 0. The van der Waals surface area contributed by atoms with E-state index < -0.39 is 5.97 Å². The van der Waals surface area contributed by atoms with E-state index in [1.165, 1.54) is 18.3 Å². The van der Waals surface area contributed by atoms with Crippen LogP contribution in [0.1, 0.15) is 21.2 Å². The third-order valence-electron chi connectivity index (χ3n) is 2.57. The summed E-state index contributed by atoms with van der Waals surface area (Å²) < 4.78 is 0. The standard InChI is InChI=1S/C13H14N4O3S/c1-8-16-10(7-21-8)4-5-14-13(20)17-9-2-3-11(12(18)19)15-6-9/h2-3,6-7H,4-5H2,1H3,(H,18,19)(H2,14,17,20). The number of hydrogen-bond donors (Lipinski definition) is 3. The number of carbonyl (C=O) groups is 2. The van der Waals surface area contributed by atoms with Crippen LogP contribution in [0.3, 0.4) is 0 Å². The molecule has 3 N–H and O–H groups in total. The fourth-order valence-corrected chi connectivity index (χ4v) is 2.24. The van der Waals surface area contributed by atoms with Gasteiger partial charge in [0.2, 0.25) is 0 Å². The van der Waals surface area contributed by atoms with Gasteiger partial charge in [0.05, 0.1) is 22.6 Å². The second-order valence-corrected chi connectivity index (χ2v) is 5.29. The lowest BCUT2D eigenvalue weighted by atomic mass is 10.3. The molecule has 2 rings (SSSR count). The van der Waals surface area contributed by atoms with E-state index in [-0.39, 0.29) is 11.7 Å². The zero-order valence-electron chi connectivity index (χ0n) is 11.3. The zero-order chi connectivity index (χ0) is 15.2. The van der Waals surface area contributed by atoms with Crippen LogP contribution in [0.25, 0.3) is 0 Å². The van der Waals surface area contributed by atoms with Crippen molar-refractivity contribution in [2.75, 3.05) is 11.9 Å². The van der Waals surface area contributed by atoms with Gasteiger partial charge < -0.3 is 15.7 Å². The Bertz CT molecular complexity index is 639. The van der Waals surface area contributed by atoms with E-state index in [9.17, 15) is 9.59 Å². The molecule has 0 aliphatic carbocycles. The molecule has 2 aromatic rings.